The second-order valence-corrected chi connectivity index (χ2v) is 8.56. The topological polar surface area (TPSA) is 99.0 Å². The Morgan fingerprint density at radius 3 is 1.97 bits per heavy atom. The maximum absolute atomic E-state index is 9.87. The number of aliphatic carboxylic acids is 2. The van der Waals surface area contributed by atoms with E-state index in [2.05, 4.69) is 18.1 Å². The second-order valence-electron chi connectivity index (χ2n) is 8.56. The molecule has 0 fully saturated rings. The lowest BCUT2D eigenvalue weighted by molar-refractivity contribution is -0.139. The summed E-state index contributed by atoms with van der Waals surface area (Å²) in [4.78, 5) is 19.7. The summed E-state index contributed by atoms with van der Waals surface area (Å²) in [7, 11) is 0. The van der Waals surface area contributed by atoms with Crippen LogP contribution in [0.1, 0.15) is 109 Å². The molecule has 0 radical (unpaired) electrons. The molecule has 0 bridgehead atoms. The first kappa shape index (κ1) is 26.9. The van der Waals surface area contributed by atoms with Gasteiger partial charge in [0.25, 0.3) is 0 Å². The van der Waals surface area contributed by atoms with Crippen LogP contribution in [0.3, 0.4) is 0 Å². The van der Waals surface area contributed by atoms with E-state index in [4.69, 9.17) is 15.3 Å². The Morgan fingerprint density at radius 2 is 1.39 bits per heavy atom. The van der Waals surface area contributed by atoms with E-state index in [-0.39, 0.29) is 5.57 Å². The molecule has 6 heteroatoms. The summed E-state index contributed by atoms with van der Waals surface area (Å²) >= 11 is 0. The smallest absolute Gasteiger partial charge is 0.331 e. The predicted octanol–water partition coefficient (Wildman–Crippen LogP) is 6.23. The molecule has 0 atom stereocenters. The zero-order chi connectivity index (χ0) is 22.7. The number of nitrogens with one attached hydrogen (secondary N) is 1. The number of nitrogens with zero attached hydrogens (tertiary/aromatic N) is 1. The van der Waals surface area contributed by atoms with Crippen LogP contribution >= 0.6 is 0 Å². The van der Waals surface area contributed by atoms with Crippen LogP contribution in [-0.2, 0) is 9.59 Å². The summed E-state index contributed by atoms with van der Waals surface area (Å²) < 4.78 is 0. The standard InChI is InChI=1S/C20H36N2.C5H6O4/c1-2-4-8-12-16-19(15-11-7-3-1)20-17-13-9-5-6-10-14-18-21-22-20;1-3(5(8)9)2-4(6)7/h15,21H,1-14,16-18H2;1-2H2,(H,6,7)(H,8,9)/b19-15+,22-20-;. The molecule has 0 aromatic carbocycles. The molecule has 0 aromatic rings. The molecule has 3 N–H and O–H groups in total. The van der Waals surface area contributed by atoms with Gasteiger partial charge in [-0.2, -0.15) is 5.10 Å². The van der Waals surface area contributed by atoms with Crippen molar-refractivity contribution in [1.82, 2.24) is 5.43 Å². The monoisotopic (exact) mass is 434 g/mol. The van der Waals surface area contributed by atoms with Gasteiger partial charge in [0.1, 0.15) is 0 Å². The third kappa shape index (κ3) is 14.5. The van der Waals surface area contributed by atoms with E-state index < -0.39 is 18.4 Å². The zero-order valence-corrected chi connectivity index (χ0v) is 19.2. The third-order valence-electron chi connectivity index (χ3n) is 5.74. The minimum atomic E-state index is -1.27. The van der Waals surface area contributed by atoms with Crippen molar-refractivity contribution >= 4 is 17.7 Å². The summed E-state index contributed by atoms with van der Waals surface area (Å²) in [6.45, 7) is 4.07. The molecule has 176 valence electrons. The molecule has 0 saturated heterocycles. The lowest BCUT2D eigenvalue weighted by atomic mass is 9.97. The van der Waals surface area contributed by atoms with Crippen molar-refractivity contribution in [3.63, 3.8) is 0 Å². The molecule has 1 heterocycles. The van der Waals surface area contributed by atoms with E-state index in [1.165, 1.54) is 108 Å². The second kappa shape index (κ2) is 17.6. The lowest BCUT2D eigenvalue weighted by Crippen LogP contribution is -2.14. The van der Waals surface area contributed by atoms with Crippen molar-refractivity contribution in [3.05, 3.63) is 23.8 Å². The van der Waals surface area contributed by atoms with Gasteiger partial charge in [0.15, 0.2) is 0 Å². The molecule has 0 amide bonds. The highest BCUT2D eigenvalue weighted by Crippen LogP contribution is 2.20. The van der Waals surface area contributed by atoms with Crippen molar-refractivity contribution in [2.75, 3.05) is 6.54 Å². The number of allylic oxidation sites excluding steroid dienone is 2. The summed E-state index contributed by atoms with van der Waals surface area (Å²) in [5.41, 5.74) is 5.99. The Balaban J connectivity index is 0.000000452. The number of hydrazone groups is 1. The average Bonchev–Trinajstić information content (AvgIpc) is 2.83. The van der Waals surface area contributed by atoms with Gasteiger partial charge in [-0.1, -0.05) is 70.4 Å². The minimum absolute atomic E-state index is 0.303. The molecule has 0 saturated carbocycles. The summed E-state index contributed by atoms with van der Waals surface area (Å²) in [5.74, 6) is -2.44. The zero-order valence-electron chi connectivity index (χ0n) is 19.2. The van der Waals surface area contributed by atoms with Gasteiger partial charge >= 0.3 is 11.9 Å². The van der Waals surface area contributed by atoms with Gasteiger partial charge in [0.05, 0.1) is 12.1 Å². The van der Waals surface area contributed by atoms with E-state index in [0.29, 0.717) is 0 Å². The fraction of sp³-hybridized carbons (Fsp3) is 0.720. The highest BCUT2D eigenvalue weighted by atomic mass is 16.4. The highest BCUT2D eigenvalue weighted by Gasteiger charge is 2.10. The van der Waals surface area contributed by atoms with Crippen molar-refractivity contribution in [3.8, 4) is 0 Å². The van der Waals surface area contributed by atoms with E-state index >= 15 is 0 Å². The summed E-state index contributed by atoms with van der Waals surface area (Å²) in [6.07, 6.45) is 23.7. The van der Waals surface area contributed by atoms with Crippen molar-refractivity contribution < 1.29 is 19.8 Å². The maximum atomic E-state index is 9.87. The number of carboxylic acids is 2. The van der Waals surface area contributed by atoms with E-state index in [9.17, 15) is 9.59 Å². The SMILES string of the molecule is C1=C(/C2=N\NCCCCCCCC2)CCCCCCCCC/1.C=C(CC(=O)O)C(=O)O. The Labute approximate surface area is 187 Å². The average molecular weight is 435 g/mol. The Kier molecular flexibility index (Phi) is 15.3. The molecule has 0 spiro atoms. The predicted molar refractivity (Wildman–Crippen MR) is 126 cm³/mol. The van der Waals surface area contributed by atoms with E-state index in [1.807, 2.05) is 0 Å². The van der Waals surface area contributed by atoms with Gasteiger partial charge in [0, 0.05) is 12.1 Å². The van der Waals surface area contributed by atoms with Crippen molar-refractivity contribution in [2.45, 2.75) is 109 Å². The van der Waals surface area contributed by atoms with Crippen LogP contribution in [0, 0.1) is 0 Å². The van der Waals surface area contributed by atoms with Crippen molar-refractivity contribution in [1.29, 1.82) is 0 Å². The molecule has 1 aliphatic heterocycles. The van der Waals surface area contributed by atoms with Gasteiger partial charge in [-0.05, 0) is 50.5 Å². The molecular weight excluding hydrogens is 392 g/mol. The molecule has 0 unspecified atom stereocenters. The van der Waals surface area contributed by atoms with Crippen LogP contribution in [0.15, 0.2) is 28.9 Å². The lowest BCUT2D eigenvalue weighted by Gasteiger charge is -2.12. The van der Waals surface area contributed by atoms with E-state index in [0.717, 1.165) is 6.54 Å². The van der Waals surface area contributed by atoms with Crippen LogP contribution in [0.5, 0.6) is 0 Å². The number of rotatable bonds is 4. The van der Waals surface area contributed by atoms with Gasteiger partial charge in [0.2, 0.25) is 0 Å². The fourth-order valence-corrected chi connectivity index (χ4v) is 3.89. The highest BCUT2D eigenvalue weighted by molar-refractivity contribution is 5.99. The first-order valence-electron chi connectivity index (χ1n) is 12.1. The molecule has 2 rings (SSSR count). The summed E-state index contributed by atoms with van der Waals surface area (Å²) in [5, 5.41) is 20.9. The van der Waals surface area contributed by atoms with Gasteiger partial charge < -0.3 is 15.6 Å². The molecule has 2 aliphatic rings. The molecule has 6 nitrogen and oxygen atoms in total. The van der Waals surface area contributed by atoms with Gasteiger partial charge in [-0.25, -0.2) is 4.79 Å². The molecular formula is C25H42N2O4. The number of hydrogen-bond donors (Lipinski definition) is 3. The normalized spacial score (nSPS) is 22.8. The van der Waals surface area contributed by atoms with Crippen LogP contribution < -0.4 is 5.43 Å². The third-order valence-corrected chi connectivity index (χ3v) is 5.74. The quantitative estimate of drug-likeness (QED) is 0.456. The van der Waals surface area contributed by atoms with Crippen LogP contribution in [-0.4, -0.2) is 34.4 Å². The van der Waals surface area contributed by atoms with Crippen LogP contribution in [0.25, 0.3) is 0 Å². The maximum Gasteiger partial charge on any atom is 0.331 e. The van der Waals surface area contributed by atoms with Gasteiger partial charge in [-0.15, -0.1) is 0 Å². The molecule has 1 aliphatic carbocycles. The number of carboxylic acid groups (broad SMARTS) is 2. The Hall–Kier alpha value is -2.11. The Bertz CT molecular complexity index is 577. The minimum Gasteiger partial charge on any atom is -0.481 e. The Morgan fingerprint density at radius 1 is 0.839 bits per heavy atom. The van der Waals surface area contributed by atoms with Crippen LogP contribution in [0.2, 0.25) is 0 Å². The van der Waals surface area contributed by atoms with E-state index in [1.54, 1.807) is 5.57 Å². The fourth-order valence-electron chi connectivity index (χ4n) is 3.89. The molecule has 0 aromatic heterocycles. The van der Waals surface area contributed by atoms with Gasteiger partial charge in [-0.3, -0.25) is 4.79 Å². The van der Waals surface area contributed by atoms with Crippen molar-refractivity contribution in [2.24, 2.45) is 5.10 Å². The summed E-state index contributed by atoms with van der Waals surface area (Å²) in [6, 6.07) is 0. The molecule has 31 heavy (non-hydrogen) atoms. The first-order valence-corrected chi connectivity index (χ1v) is 12.1. The van der Waals surface area contributed by atoms with Crippen LogP contribution in [0.4, 0.5) is 0 Å². The largest absolute Gasteiger partial charge is 0.481 e. The number of carbonyl (C=O) groups is 2. The first-order chi connectivity index (χ1) is 15.0. The number of hydrogen-bond acceptors (Lipinski definition) is 4.